The third kappa shape index (κ3) is 2.54. The number of aromatic nitrogens is 2. The summed E-state index contributed by atoms with van der Waals surface area (Å²) in [5, 5.41) is 11.4. The topological polar surface area (TPSA) is 93.6 Å². The lowest BCUT2D eigenvalue weighted by atomic mass is 10.3. The van der Waals surface area contributed by atoms with E-state index in [2.05, 4.69) is 15.1 Å². The largest absolute Gasteiger partial charge is 0.454 e. The second-order valence-electron chi connectivity index (χ2n) is 3.55. The number of pyridine rings is 2. The molecule has 0 bridgehead atoms. The molecule has 2 aromatic heterocycles. The first-order chi connectivity index (χ1) is 8.70. The Hall–Kier alpha value is -2.63. The summed E-state index contributed by atoms with van der Waals surface area (Å²) in [7, 11) is 0. The zero-order valence-electron chi connectivity index (χ0n) is 9.74. The summed E-state index contributed by atoms with van der Waals surface area (Å²) < 4.78 is 5.61. The van der Waals surface area contributed by atoms with E-state index in [4.69, 9.17) is 15.7 Å². The van der Waals surface area contributed by atoms with Crippen molar-refractivity contribution in [3.63, 3.8) is 0 Å². The van der Waals surface area contributed by atoms with Gasteiger partial charge in [-0.15, -0.1) is 0 Å². The van der Waals surface area contributed by atoms with Crippen LogP contribution in [0.5, 0.6) is 11.5 Å². The van der Waals surface area contributed by atoms with Gasteiger partial charge in [0.2, 0.25) is 0 Å². The zero-order chi connectivity index (χ0) is 13.0. The molecule has 0 fully saturated rings. The third-order valence-electron chi connectivity index (χ3n) is 2.29. The van der Waals surface area contributed by atoms with Gasteiger partial charge in [0.1, 0.15) is 17.2 Å². The molecule has 18 heavy (non-hydrogen) atoms. The Bertz CT molecular complexity index is 567. The van der Waals surface area contributed by atoms with Crippen molar-refractivity contribution < 1.29 is 9.94 Å². The van der Waals surface area contributed by atoms with Crippen molar-refractivity contribution >= 4 is 5.84 Å². The van der Waals surface area contributed by atoms with Gasteiger partial charge in [-0.25, -0.2) is 4.98 Å². The number of hydrogen-bond donors (Lipinski definition) is 2. The average molecular weight is 244 g/mol. The fourth-order valence-corrected chi connectivity index (χ4v) is 1.35. The second-order valence-corrected chi connectivity index (χ2v) is 3.55. The summed E-state index contributed by atoms with van der Waals surface area (Å²) in [5.74, 6) is 1.18. The van der Waals surface area contributed by atoms with Gasteiger partial charge in [0.05, 0.1) is 11.9 Å². The fraction of sp³-hybridized carbons (Fsp3) is 0.0833. The summed E-state index contributed by atoms with van der Waals surface area (Å²) >= 11 is 0. The first-order valence-corrected chi connectivity index (χ1v) is 5.24. The second kappa shape index (κ2) is 5.13. The summed E-state index contributed by atoms with van der Waals surface area (Å²) in [4.78, 5) is 8.13. The van der Waals surface area contributed by atoms with Gasteiger partial charge in [0.25, 0.3) is 0 Å². The molecule has 0 saturated carbocycles. The van der Waals surface area contributed by atoms with Gasteiger partial charge in [0.15, 0.2) is 5.84 Å². The Morgan fingerprint density at radius 3 is 2.78 bits per heavy atom. The minimum atomic E-state index is -0.0425. The Labute approximate surface area is 104 Å². The Morgan fingerprint density at radius 1 is 1.33 bits per heavy atom. The monoisotopic (exact) mass is 244 g/mol. The molecule has 6 heteroatoms. The van der Waals surface area contributed by atoms with Crippen LogP contribution in [0.1, 0.15) is 11.4 Å². The molecule has 0 saturated heterocycles. The number of amidine groups is 1. The first kappa shape index (κ1) is 11.8. The van der Waals surface area contributed by atoms with E-state index >= 15 is 0 Å². The molecule has 0 aliphatic rings. The molecule has 0 aliphatic carbocycles. The summed E-state index contributed by atoms with van der Waals surface area (Å²) in [5.41, 5.74) is 6.58. The van der Waals surface area contributed by atoms with E-state index in [1.165, 1.54) is 6.20 Å². The molecule has 3 N–H and O–H groups in total. The van der Waals surface area contributed by atoms with Crippen molar-refractivity contribution in [3.05, 3.63) is 48.0 Å². The molecule has 2 aromatic rings. The van der Waals surface area contributed by atoms with Gasteiger partial charge in [-0.2, -0.15) is 0 Å². The van der Waals surface area contributed by atoms with Crippen molar-refractivity contribution in [2.24, 2.45) is 10.9 Å². The van der Waals surface area contributed by atoms with E-state index in [0.29, 0.717) is 17.2 Å². The maximum absolute atomic E-state index is 8.51. The van der Waals surface area contributed by atoms with Crippen LogP contribution in [0.4, 0.5) is 0 Å². The fourth-order valence-electron chi connectivity index (χ4n) is 1.35. The highest BCUT2D eigenvalue weighted by Crippen LogP contribution is 2.22. The molecule has 0 unspecified atom stereocenters. The predicted octanol–water partition coefficient (Wildman–Crippen LogP) is 1.67. The van der Waals surface area contributed by atoms with Crippen molar-refractivity contribution in [2.75, 3.05) is 0 Å². The van der Waals surface area contributed by atoms with E-state index in [-0.39, 0.29) is 5.84 Å². The molecule has 0 aliphatic heterocycles. The highest BCUT2D eigenvalue weighted by Gasteiger charge is 2.04. The van der Waals surface area contributed by atoms with Gasteiger partial charge >= 0.3 is 0 Å². The van der Waals surface area contributed by atoms with E-state index in [1.54, 1.807) is 24.4 Å². The summed E-state index contributed by atoms with van der Waals surface area (Å²) in [6.45, 7) is 1.85. The molecule has 0 aromatic carbocycles. The number of hydrogen-bond acceptors (Lipinski definition) is 5. The van der Waals surface area contributed by atoms with E-state index < -0.39 is 0 Å². The molecule has 2 rings (SSSR count). The SMILES string of the molecule is Cc1ncccc1Oc1ccc(/C(N)=N/O)nc1. The van der Waals surface area contributed by atoms with E-state index in [9.17, 15) is 0 Å². The lowest BCUT2D eigenvalue weighted by molar-refractivity contribution is 0.318. The number of aryl methyl sites for hydroxylation is 1. The molecule has 0 radical (unpaired) electrons. The molecular weight excluding hydrogens is 232 g/mol. The maximum Gasteiger partial charge on any atom is 0.188 e. The van der Waals surface area contributed by atoms with Crippen LogP contribution < -0.4 is 10.5 Å². The molecule has 0 amide bonds. The van der Waals surface area contributed by atoms with Gasteiger partial charge in [-0.3, -0.25) is 4.98 Å². The lowest BCUT2D eigenvalue weighted by Crippen LogP contribution is -2.14. The molecule has 0 atom stereocenters. The molecular formula is C12H12N4O2. The average Bonchev–Trinajstić information content (AvgIpc) is 2.41. The van der Waals surface area contributed by atoms with Crippen LogP contribution in [0.15, 0.2) is 41.8 Å². The van der Waals surface area contributed by atoms with E-state index in [1.807, 2.05) is 13.0 Å². The van der Waals surface area contributed by atoms with Crippen molar-refractivity contribution in [1.29, 1.82) is 0 Å². The first-order valence-electron chi connectivity index (χ1n) is 5.24. The highest BCUT2D eigenvalue weighted by atomic mass is 16.5. The lowest BCUT2D eigenvalue weighted by Gasteiger charge is -2.07. The minimum Gasteiger partial charge on any atom is -0.454 e. The quantitative estimate of drug-likeness (QED) is 0.371. The van der Waals surface area contributed by atoms with Gasteiger partial charge in [-0.1, -0.05) is 5.16 Å². The normalized spacial score (nSPS) is 11.3. The molecule has 92 valence electrons. The van der Waals surface area contributed by atoms with Crippen LogP contribution in [-0.4, -0.2) is 21.0 Å². The Kier molecular flexibility index (Phi) is 3.38. The van der Waals surface area contributed by atoms with Crippen molar-refractivity contribution in [1.82, 2.24) is 9.97 Å². The molecule has 2 heterocycles. The van der Waals surface area contributed by atoms with Crippen LogP contribution in [0.3, 0.4) is 0 Å². The minimum absolute atomic E-state index is 0.0425. The van der Waals surface area contributed by atoms with Crippen molar-refractivity contribution in [2.45, 2.75) is 6.92 Å². The van der Waals surface area contributed by atoms with E-state index in [0.717, 1.165) is 5.69 Å². The van der Waals surface area contributed by atoms with Crippen LogP contribution in [0.2, 0.25) is 0 Å². The van der Waals surface area contributed by atoms with Gasteiger partial charge in [0, 0.05) is 6.20 Å². The zero-order valence-corrected chi connectivity index (χ0v) is 9.74. The molecule has 6 nitrogen and oxygen atoms in total. The number of rotatable bonds is 3. The number of ether oxygens (including phenoxy) is 1. The number of oxime groups is 1. The van der Waals surface area contributed by atoms with Gasteiger partial charge < -0.3 is 15.7 Å². The molecule has 0 spiro atoms. The number of nitrogens with two attached hydrogens (primary N) is 1. The third-order valence-corrected chi connectivity index (χ3v) is 2.29. The van der Waals surface area contributed by atoms with Crippen LogP contribution in [0, 0.1) is 6.92 Å². The smallest absolute Gasteiger partial charge is 0.188 e. The van der Waals surface area contributed by atoms with Crippen LogP contribution in [-0.2, 0) is 0 Å². The predicted molar refractivity (Wildman–Crippen MR) is 65.8 cm³/mol. The standard InChI is InChI=1S/C12H12N4O2/c1-8-11(3-2-6-14-8)18-9-4-5-10(15-7-9)12(13)16-17/h2-7,17H,1H3,(H2,13,16). The Balaban J connectivity index is 2.19. The summed E-state index contributed by atoms with van der Waals surface area (Å²) in [6.07, 6.45) is 3.20. The van der Waals surface area contributed by atoms with Crippen molar-refractivity contribution in [3.8, 4) is 11.5 Å². The highest BCUT2D eigenvalue weighted by molar-refractivity contribution is 5.95. The van der Waals surface area contributed by atoms with Crippen LogP contribution in [0.25, 0.3) is 0 Å². The van der Waals surface area contributed by atoms with Gasteiger partial charge in [-0.05, 0) is 31.2 Å². The maximum atomic E-state index is 8.51. The Morgan fingerprint density at radius 2 is 2.17 bits per heavy atom. The van der Waals surface area contributed by atoms with Crippen LogP contribution >= 0.6 is 0 Å². The number of nitrogens with zero attached hydrogens (tertiary/aromatic N) is 3. The summed E-state index contributed by atoms with van der Waals surface area (Å²) in [6, 6.07) is 6.91.